The summed E-state index contributed by atoms with van der Waals surface area (Å²) in [5, 5.41) is 10.2. The van der Waals surface area contributed by atoms with Gasteiger partial charge < -0.3 is 14.7 Å². The van der Waals surface area contributed by atoms with Gasteiger partial charge in [-0.3, -0.25) is 0 Å². The first kappa shape index (κ1) is 17.3. The average molecular weight is 306 g/mol. The Morgan fingerprint density at radius 2 is 1.82 bits per heavy atom. The second-order valence-electron chi connectivity index (χ2n) is 7.01. The number of aliphatic hydroxyl groups excluding tert-OH is 1. The van der Waals surface area contributed by atoms with Crippen molar-refractivity contribution >= 4 is 0 Å². The van der Waals surface area contributed by atoms with E-state index in [1.807, 2.05) is 6.07 Å². The number of hydrogen-bond acceptors (Lipinski definition) is 2. The molecule has 124 valence electrons. The largest absolute Gasteiger partial charge is 0.491 e. The number of aliphatic hydroxyl groups is 1. The minimum absolute atomic E-state index is 0.377. The first-order valence-electron chi connectivity index (χ1n) is 8.81. The van der Waals surface area contributed by atoms with E-state index < -0.39 is 0 Å². The van der Waals surface area contributed by atoms with E-state index in [1.165, 1.54) is 54.8 Å². The van der Waals surface area contributed by atoms with Crippen LogP contribution in [0.15, 0.2) is 18.2 Å². The van der Waals surface area contributed by atoms with Crippen LogP contribution in [0.5, 0.6) is 5.75 Å². The Morgan fingerprint density at radius 3 is 2.41 bits per heavy atom. The summed E-state index contributed by atoms with van der Waals surface area (Å²) in [7, 11) is 0. The summed E-state index contributed by atoms with van der Waals surface area (Å²) in [6.45, 7) is 10.1. The lowest BCUT2D eigenvalue weighted by molar-refractivity contribution is -0.902. The number of quaternary nitrogens is 1. The van der Waals surface area contributed by atoms with Crippen molar-refractivity contribution in [3.63, 3.8) is 0 Å². The molecule has 0 aliphatic carbocycles. The van der Waals surface area contributed by atoms with E-state index in [4.69, 9.17) is 4.74 Å². The highest BCUT2D eigenvalue weighted by atomic mass is 16.5. The van der Waals surface area contributed by atoms with Gasteiger partial charge in [-0.2, -0.15) is 0 Å². The van der Waals surface area contributed by atoms with Crippen molar-refractivity contribution in [1.82, 2.24) is 0 Å². The molecule has 0 bridgehead atoms. The lowest BCUT2D eigenvalue weighted by atomic mass is 9.98. The molecule has 0 unspecified atom stereocenters. The minimum atomic E-state index is -0.377. The summed E-state index contributed by atoms with van der Waals surface area (Å²) in [6, 6.07) is 6.25. The molecule has 0 saturated carbocycles. The van der Waals surface area contributed by atoms with E-state index in [2.05, 4.69) is 32.9 Å². The Kier molecular flexibility index (Phi) is 6.71. The maximum atomic E-state index is 10.2. The highest BCUT2D eigenvalue weighted by Gasteiger charge is 2.17. The Bertz CT molecular complexity index is 451. The lowest BCUT2D eigenvalue weighted by Gasteiger charge is -2.21. The molecule has 0 spiro atoms. The van der Waals surface area contributed by atoms with E-state index in [1.54, 1.807) is 0 Å². The zero-order valence-electron chi connectivity index (χ0n) is 14.4. The van der Waals surface area contributed by atoms with Gasteiger partial charge in [0.25, 0.3) is 0 Å². The van der Waals surface area contributed by atoms with Gasteiger partial charge in [-0.1, -0.05) is 19.9 Å². The normalized spacial score (nSPS) is 18.2. The molecule has 1 atom stereocenters. The Balaban J connectivity index is 1.80. The van der Waals surface area contributed by atoms with Gasteiger partial charge in [-0.25, -0.2) is 0 Å². The third-order valence-electron chi connectivity index (χ3n) is 4.64. The van der Waals surface area contributed by atoms with Crippen LogP contribution in [0.25, 0.3) is 0 Å². The van der Waals surface area contributed by atoms with Crippen molar-refractivity contribution in [3.05, 3.63) is 29.3 Å². The smallest absolute Gasteiger partial charge is 0.137 e. The Labute approximate surface area is 135 Å². The molecular weight excluding hydrogens is 274 g/mol. The van der Waals surface area contributed by atoms with Crippen LogP contribution in [0.1, 0.15) is 56.6 Å². The molecule has 1 saturated heterocycles. The minimum Gasteiger partial charge on any atom is -0.491 e. The number of aryl methyl sites for hydroxylation is 1. The molecule has 1 heterocycles. The quantitative estimate of drug-likeness (QED) is 0.846. The molecule has 1 fully saturated rings. The summed E-state index contributed by atoms with van der Waals surface area (Å²) in [5.41, 5.74) is 2.63. The molecule has 0 amide bonds. The zero-order chi connectivity index (χ0) is 15.9. The fourth-order valence-corrected chi connectivity index (χ4v) is 3.40. The summed E-state index contributed by atoms with van der Waals surface area (Å²) in [4.78, 5) is 1.53. The van der Waals surface area contributed by atoms with Crippen molar-refractivity contribution in [2.45, 2.75) is 58.5 Å². The Hall–Kier alpha value is -1.06. The third kappa shape index (κ3) is 5.29. The number of rotatable bonds is 6. The average Bonchev–Trinajstić information content (AvgIpc) is 2.73. The van der Waals surface area contributed by atoms with Crippen molar-refractivity contribution in [2.75, 3.05) is 26.2 Å². The van der Waals surface area contributed by atoms with Crippen LogP contribution in [0.3, 0.4) is 0 Å². The number of likely N-dealkylation sites (tertiary alicyclic amines) is 1. The molecule has 2 N–H and O–H groups in total. The van der Waals surface area contributed by atoms with E-state index in [0.717, 1.165) is 12.3 Å². The molecule has 3 heteroatoms. The number of benzene rings is 1. The second kappa shape index (κ2) is 8.54. The van der Waals surface area contributed by atoms with E-state index in [9.17, 15) is 5.11 Å². The van der Waals surface area contributed by atoms with Gasteiger partial charge in [0.1, 0.15) is 25.0 Å². The van der Waals surface area contributed by atoms with Gasteiger partial charge in [0.05, 0.1) is 13.1 Å². The number of hydrogen-bond donors (Lipinski definition) is 2. The van der Waals surface area contributed by atoms with E-state index >= 15 is 0 Å². The molecule has 1 aromatic rings. The molecular formula is C19H32NO2+. The summed E-state index contributed by atoms with van der Waals surface area (Å²) in [6.07, 6.45) is 4.89. The van der Waals surface area contributed by atoms with Crippen LogP contribution in [0.2, 0.25) is 0 Å². The Morgan fingerprint density at radius 1 is 1.14 bits per heavy atom. The predicted octanol–water partition coefficient (Wildman–Crippen LogP) is 2.32. The summed E-state index contributed by atoms with van der Waals surface area (Å²) >= 11 is 0. The second-order valence-corrected chi connectivity index (χ2v) is 7.01. The van der Waals surface area contributed by atoms with Gasteiger partial charge in [-0.15, -0.1) is 0 Å². The molecule has 0 aromatic heterocycles. The van der Waals surface area contributed by atoms with Crippen molar-refractivity contribution in [1.29, 1.82) is 0 Å². The van der Waals surface area contributed by atoms with Crippen molar-refractivity contribution in [2.24, 2.45) is 0 Å². The van der Waals surface area contributed by atoms with Crippen LogP contribution in [0.4, 0.5) is 0 Å². The summed E-state index contributed by atoms with van der Waals surface area (Å²) in [5.74, 6) is 1.40. The first-order valence-corrected chi connectivity index (χ1v) is 8.81. The van der Waals surface area contributed by atoms with Crippen molar-refractivity contribution in [3.8, 4) is 5.75 Å². The molecule has 0 radical (unpaired) electrons. The van der Waals surface area contributed by atoms with Gasteiger partial charge >= 0.3 is 0 Å². The van der Waals surface area contributed by atoms with Gasteiger partial charge in [0.2, 0.25) is 0 Å². The lowest BCUT2D eigenvalue weighted by Crippen LogP contribution is -3.13. The third-order valence-corrected chi connectivity index (χ3v) is 4.64. The van der Waals surface area contributed by atoms with E-state index in [0.29, 0.717) is 12.5 Å². The van der Waals surface area contributed by atoms with Crippen LogP contribution in [0, 0.1) is 6.92 Å². The van der Waals surface area contributed by atoms with Crippen LogP contribution in [-0.2, 0) is 0 Å². The standard InChI is InChI=1S/C19H31NO2/c1-15(2)19-9-8-18(12-16(19)3)22-14-17(21)13-20-10-6-4-5-7-11-20/h8-9,12,15,17,21H,4-7,10-11,13-14H2,1-3H3/p+1/t17-/m0/s1. The summed E-state index contributed by atoms with van der Waals surface area (Å²) < 4.78 is 5.79. The highest BCUT2D eigenvalue weighted by Crippen LogP contribution is 2.23. The number of ether oxygens (including phenoxy) is 1. The van der Waals surface area contributed by atoms with Crippen molar-refractivity contribution < 1.29 is 14.7 Å². The van der Waals surface area contributed by atoms with Crippen LogP contribution >= 0.6 is 0 Å². The maximum Gasteiger partial charge on any atom is 0.137 e. The molecule has 1 aliphatic heterocycles. The molecule has 2 rings (SSSR count). The SMILES string of the molecule is Cc1cc(OC[C@@H](O)C[NH+]2CCCCCC2)ccc1C(C)C. The molecule has 1 aromatic carbocycles. The number of nitrogens with one attached hydrogen (secondary N) is 1. The molecule has 22 heavy (non-hydrogen) atoms. The fraction of sp³-hybridized carbons (Fsp3) is 0.684. The van der Waals surface area contributed by atoms with Crippen LogP contribution in [-0.4, -0.2) is 37.5 Å². The first-order chi connectivity index (χ1) is 10.6. The fourth-order valence-electron chi connectivity index (χ4n) is 3.40. The maximum absolute atomic E-state index is 10.2. The monoisotopic (exact) mass is 306 g/mol. The van der Waals surface area contributed by atoms with E-state index in [-0.39, 0.29) is 6.10 Å². The molecule has 1 aliphatic rings. The topological polar surface area (TPSA) is 33.9 Å². The predicted molar refractivity (Wildman–Crippen MR) is 90.8 cm³/mol. The van der Waals surface area contributed by atoms with Gasteiger partial charge in [0.15, 0.2) is 0 Å². The zero-order valence-corrected chi connectivity index (χ0v) is 14.4. The van der Waals surface area contributed by atoms with Gasteiger partial charge in [0, 0.05) is 0 Å². The van der Waals surface area contributed by atoms with Gasteiger partial charge in [-0.05, 0) is 61.8 Å². The molecule has 3 nitrogen and oxygen atoms in total. The van der Waals surface area contributed by atoms with Crippen LogP contribution < -0.4 is 9.64 Å². The highest BCUT2D eigenvalue weighted by molar-refractivity contribution is 5.36.